The first-order chi connectivity index (χ1) is 3.80. The van der Waals surface area contributed by atoms with Crippen molar-refractivity contribution in [3.05, 3.63) is 29.0 Å². The second-order valence-corrected chi connectivity index (χ2v) is 2.23. The molecule has 0 radical (unpaired) electrons. The van der Waals surface area contributed by atoms with Gasteiger partial charge in [-0.3, -0.25) is 3.97 Å². The van der Waals surface area contributed by atoms with Crippen molar-refractivity contribution in [2.24, 2.45) is 0 Å². The molecule has 1 aromatic rings. The predicted molar refractivity (Wildman–Crippen MR) is 39.7 cm³/mol. The molecule has 0 amide bonds. The second-order valence-electron chi connectivity index (χ2n) is 1.38. The van der Waals surface area contributed by atoms with Crippen LogP contribution in [0.15, 0.2) is 24.4 Å². The Hall–Kier alpha value is -0.280. The summed E-state index contributed by atoms with van der Waals surface area (Å²) in [4.78, 5) is 0. The third-order valence-electron chi connectivity index (χ3n) is 0.803. The van der Waals surface area contributed by atoms with Crippen molar-refractivity contribution in [3.63, 3.8) is 0 Å². The molecule has 0 spiro atoms. The monoisotopic (exact) mass is 143 g/mol. The Morgan fingerprint density at radius 3 is 2.62 bits per heavy atom. The molecule has 1 heterocycles. The molecule has 0 bridgehead atoms. The maximum atomic E-state index is 4.84. The van der Waals surface area contributed by atoms with Gasteiger partial charge in [-0.1, -0.05) is 31.1 Å². The zero-order chi connectivity index (χ0) is 5.98. The van der Waals surface area contributed by atoms with Crippen LogP contribution in [0.4, 0.5) is 0 Å². The molecular weight excluding hydrogens is 138 g/mol. The predicted octanol–water partition coefficient (Wildman–Crippen LogP) is 1.91. The van der Waals surface area contributed by atoms with E-state index in [-0.39, 0.29) is 0 Å². The zero-order valence-corrected chi connectivity index (χ0v) is 5.82. The lowest BCUT2D eigenvalue weighted by Crippen LogP contribution is -1.79. The lowest BCUT2D eigenvalue weighted by Gasteiger charge is -1.90. The van der Waals surface area contributed by atoms with Gasteiger partial charge < -0.3 is 0 Å². The lowest BCUT2D eigenvalue weighted by atomic mass is 10.5. The van der Waals surface area contributed by atoms with Crippen LogP contribution in [0.25, 0.3) is 0 Å². The topological polar surface area (TPSA) is 4.93 Å². The van der Waals surface area contributed by atoms with Gasteiger partial charge in [0.1, 0.15) is 4.64 Å². The van der Waals surface area contributed by atoms with Gasteiger partial charge >= 0.3 is 0 Å². The first-order valence-corrected chi connectivity index (χ1v) is 2.98. The van der Waals surface area contributed by atoms with Gasteiger partial charge in [0.05, 0.1) is 0 Å². The normalized spacial score (nSPS) is 9.12. The summed E-state index contributed by atoms with van der Waals surface area (Å²) in [5.74, 6) is 0. The van der Waals surface area contributed by atoms with Crippen molar-refractivity contribution in [2.45, 2.75) is 0 Å². The Balaban J connectivity index is 3.35. The molecule has 0 aliphatic heterocycles. The second kappa shape index (κ2) is 2.33. The van der Waals surface area contributed by atoms with E-state index in [0.717, 1.165) is 4.64 Å². The Kier molecular flexibility index (Phi) is 1.70. The van der Waals surface area contributed by atoms with Gasteiger partial charge in [-0.2, -0.15) is 0 Å². The molecule has 0 aromatic carbocycles. The molecule has 1 aromatic heterocycles. The van der Waals surface area contributed by atoms with Crippen LogP contribution >= 0.6 is 25.0 Å². The third kappa shape index (κ3) is 1.11. The van der Waals surface area contributed by atoms with Crippen LogP contribution in [-0.4, -0.2) is 3.97 Å². The van der Waals surface area contributed by atoms with Gasteiger partial charge in [-0.15, -0.1) is 0 Å². The summed E-state index contributed by atoms with van der Waals surface area (Å²) < 4.78 is 2.32. The average Bonchev–Trinajstić information content (AvgIpc) is 1.77. The van der Waals surface area contributed by atoms with Crippen LogP contribution in [0.3, 0.4) is 0 Å². The van der Waals surface area contributed by atoms with Crippen LogP contribution < -0.4 is 0 Å². The standard InChI is InChI=1S/C5H5NS2/c7-5-3-1-2-4-6(5)8/h1-4,8H. The molecule has 42 valence electrons. The van der Waals surface area contributed by atoms with E-state index in [4.69, 9.17) is 12.2 Å². The molecule has 8 heavy (non-hydrogen) atoms. The minimum atomic E-state index is 0.732. The van der Waals surface area contributed by atoms with Crippen LogP contribution in [-0.2, 0) is 0 Å². The number of hydrogen-bond donors (Lipinski definition) is 1. The van der Waals surface area contributed by atoms with Gasteiger partial charge in [0.15, 0.2) is 0 Å². The largest absolute Gasteiger partial charge is 0.285 e. The Bertz CT molecular complexity index is 228. The van der Waals surface area contributed by atoms with Gasteiger partial charge in [0.25, 0.3) is 0 Å². The number of aromatic nitrogens is 1. The number of pyridine rings is 1. The van der Waals surface area contributed by atoms with Gasteiger partial charge in [0, 0.05) is 6.20 Å². The maximum absolute atomic E-state index is 4.84. The summed E-state index contributed by atoms with van der Waals surface area (Å²) in [7, 11) is 0. The summed E-state index contributed by atoms with van der Waals surface area (Å²) in [5, 5.41) is 0. The molecule has 0 saturated heterocycles. The van der Waals surface area contributed by atoms with E-state index in [2.05, 4.69) is 12.8 Å². The third-order valence-corrected chi connectivity index (χ3v) is 1.62. The van der Waals surface area contributed by atoms with Crippen molar-refractivity contribution >= 4 is 25.0 Å². The lowest BCUT2D eigenvalue weighted by molar-refractivity contribution is 1.21. The van der Waals surface area contributed by atoms with E-state index in [1.807, 2.05) is 18.2 Å². The summed E-state index contributed by atoms with van der Waals surface area (Å²) >= 11 is 8.85. The maximum Gasteiger partial charge on any atom is 0.115 e. The molecule has 0 atom stereocenters. The molecule has 1 rings (SSSR count). The van der Waals surface area contributed by atoms with Crippen LogP contribution in [0.2, 0.25) is 0 Å². The minimum Gasteiger partial charge on any atom is -0.285 e. The van der Waals surface area contributed by atoms with E-state index in [0.29, 0.717) is 0 Å². The van der Waals surface area contributed by atoms with Crippen LogP contribution in [0.1, 0.15) is 0 Å². The first kappa shape index (κ1) is 5.85. The Morgan fingerprint density at radius 2 is 2.25 bits per heavy atom. The quantitative estimate of drug-likeness (QED) is 0.429. The summed E-state index contributed by atoms with van der Waals surface area (Å²) in [6.07, 6.45) is 1.80. The van der Waals surface area contributed by atoms with Crippen molar-refractivity contribution in [1.82, 2.24) is 3.97 Å². The fourth-order valence-corrected chi connectivity index (χ4v) is 0.702. The van der Waals surface area contributed by atoms with Gasteiger partial charge in [-0.25, -0.2) is 0 Å². The number of thiol groups is 1. The molecule has 0 saturated carbocycles. The van der Waals surface area contributed by atoms with Crippen molar-refractivity contribution < 1.29 is 0 Å². The molecular formula is C5H5NS2. The van der Waals surface area contributed by atoms with E-state index >= 15 is 0 Å². The van der Waals surface area contributed by atoms with Crippen molar-refractivity contribution in [1.29, 1.82) is 0 Å². The smallest absolute Gasteiger partial charge is 0.115 e. The molecule has 0 N–H and O–H groups in total. The molecule has 0 unspecified atom stereocenters. The van der Waals surface area contributed by atoms with Crippen LogP contribution in [0, 0.1) is 4.64 Å². The zero-order valence-electron chi connectivity index (χ0n) is 4.11. The molecule has 1 nitrogen and oxygen atoms in total. The van der Waals surface area contributed by atoms with E-state index in [1.165, 1.54) is 0 Å². The Morgan fingerprint density at radius 1 is 1.50 bits per heavy atom. The van der Waals surface area contributed by atoms with Crippen molar-refractivity contribution in [2.75, 3.05) is 0 Å². The van der Waals surface area contributed by atoms with Gasteiger partial charge in [-0.05, 0) is 12.1 Å². The van der Waals surface area contributed by atoms with E-state index < -0.39 is 0 Å². The highest BCUT2D eigenvalue weighted by Crippen LogP contribution is 1.92. The highest BCUT2D eigenvalue weighted by Gasteiger charge is 1.76. The number of rotatable bonds is 0. The fraction of sp³-hybridized carbons (Fsp3) is 0. The highest BCUT2D eigenvalue weighted by atomic mass is 32.1. The first-order valence-electron chi connectivity index (χ1n) is 2.17. The van der Waals surface area contributed by atoms with Gasteiger partial charge in [0.2, 0.25) is 0 Å². The summed E-state index contributed by atoms with van der Waals surface area (Å²) in [6, 6.07) is 5.58. The van der Waals surface area contributed by atoms with E-state index in [1.54, 1.807) is 10.2 Å². The fourth-order valence-electron chi connectivity index (χ4n) is 0.419. The minimum absolute atomic E-state index is 0.732. The van der Waals surface area contributed by atoms with E-state index in [9.17, 15) is 0 Å². The molecule has 3 heteroatoms. The number of hydrogen-bond acceptors (Lipinski definition) is 2. The SMILES string of the molecule is S=c1ccccn1S. The van der Waals surface area contributed by atoms with Crippen LogP contribution in [0.5, 0.6) is 0 Å². The molecule has 0 aliphatic carbocycles. The Labute approximate surface area is 58.5 Å². The number of nitrogens with zero attached hydrogens (tertiary/aromatic N) is 1. The molecule has 0 fully saturated rings. The average molecular weight is 143 g/mol. The summed E-state index contributed by atoms with van der Waals surface area (Å²) in [5.41, 5.74) is 0. The molecule has 0 aliphatic rings. The highest BCUT2D eigenvalue weighted by molar-refractivity contribution is 7.79. The summed E-state index contributed by atoms with van der Waals surface area (Å²) in [6.45, 7) is 0. The van der Waals surface area contributed by atoms with Crippen molar-refractivity contribution in [3.8, 4) is 0 Å².